The Balaban J connectivity index is 1.82. The van der Waals surface area contributed by atoms with Crippen molar-refractivity contribution in [2.24, 2.45) is 0 Å². The lowest BCUT2D eigenvalue weighted by atomic mass is 10.1. The van der Waals surface area contributed by atoms with Crippen LogP contribution in [0.3, 0.4) is 0 Å². The number of anilines is 3. The first-order valence-corrected chi connectivity index (χ1v) is 10.1. The minimum atomic E-state index is -0.945. The molecule has 8 nitrogen and oxygen atoms in total. The molecule has 2 N–H and O–H groups in total. The van der Waals surface area contributed by atoms with Gasteiger partial charge in [0.1, 0.15) is 0 Å². The molecule has 0 saturated heterocycles. The minimum Gasteiger partial charge on any atom is -0.481 e. The van der Waals surface area contributed by atoms with Crippen molar-refractivity contribution in [2.45, 2.75) is 6.42 Å². The van der Waals surface area contributed by atoms with Crippen molar-refractivity contribution < 1.29 is 14.7 Å². The molecule has 0 atom stereocenters. The normalized spacial score (nSPS) is 10.5. The summed E-state index contributed by atoms with van der Waals surface area (Å²) in [5, 5.41) is 12.1. The van der Waals surface area contributed by atoms with Gasteiger partial charge in [-0.1, -0.05) is 23.2 Å². The molecule has 3 aromatic rings. The largest absolute Gasteiger partial charge is 0.481 e. The number of halogens is 3. The van der Waals surface area contributed by atoms with Crippen molar-refractivity contribution in [1.29, 1.82) is 0 Å². The summed E-state index contributed by atoms with van der Waals surface area (Å²) < 4.78 is 0.699. The third-order valence-corrected chi connectivity index (χ3v) is 4.91. The molecule has 0 saturated carbocycles. The van der Waals surface area contributed by atoms with Crippen LogP contribution in [0, 0.1) is 0 Å². The van der Waals surface area contributed by atoms with Gasteiger partial charge in [-0.3, -0.25) is 14.6 Å². The smallest absolute Gasteiger partial charge is 0.305 e. The maximum absolute atomic E-state index is 12.6. The SMILES string of the molecule is O=C(O)CCN(c1ccc(C(=O)Nc2c(Cl)cncc2Cl)cc1)c1ncc(Br)cn1. The summed E-state index contributed by atoms with van der Waals surface area (Å²) in [6.07, 6.45) is 5.79. The number of pyridine rings is 1. The Morgan fingerprint density at radius 1 is 1.03 bits per heavy atom. The molecule has 0 fully saturated rings. The van der Waals surface area contributed by atoms with E-state index in [1.807, 2.05) is 0 Å². The minimum absolute atomic E-state index is 0.110. The molecule has 0 aliphatic heterocycles. The molecular weight excluding hydrogens is 497 g/mol. The number of aromatic nitrogens is 3. The number of rotatable bonds is 7. The van der Waals surface area contributed by atoms with Gasteiger partial charge >= 0.3 is 5.97 Å². The summed E-state index contributed by atoms with van der Waals surface area (Å²) in [5.74, 6) is -1.01. The second kappa shape index (κ2) is 9.84. The summed E-state index contributed by atoms with van der Waals surface area (Å²) in [4.78, 5) is 37.5. The first-order chi connectivity index (χ1) is 14.3. The number of carbonyl (C=O) groups is 2. The molecule has 11 heteroatoms. The standard InChI is InChI=1S/C19H14BrCl2N5O3/c20-12-7-24-19(25-8-12)27(6-5-16(28)29)13-3-1-11(2-4-13)18(30)26-17-14(21)9-23-10-15(17)22/h1-4,7-10H,5-6H2,(H,28,29)(H,23,26,30). The highest BCUT2D eigenvalue weighted by molar-refractivity contribution is 9.10. The molecule has 3 rings (SSSR count). The number of aliphatic carboxylic acids is 1. The number of nitrogens with one attached hydrogen (secondary N) is 1. The van der Waals surface area contributed by atoms with Crippen molar-refractivity contribution in [1.82, 2.24) is 15.0 Å². The molecule has 1 amide bonds. The quantitative estimate of drug-likeness (QED) is 0.469. The fourth-order valence-corrected chi connectivity index (χ4v) is 3.17. The third-order valence-electron chi connectivity index (χ3n) is 3.93. The lowest BCUT2D eigenvalue weighted by Crippen LogP contribution is -2.23. The molecule has 1 aromatic carbocycles. The lowest BCUT2D eigenvalue weighted by Gasteiger charge is -2.22. The van der Waals surface area contributed by atoms with Crippen LogP contribution < -0.4 is 10.2 Å². The van der Waals surface area contributed by atoms with Gasteiger partial charge in [0, 0.05) is 42.6 Å². The summed E-state index contributed by atoms with van der Waals surface area (Å²) in [5.41, 5.74) is 1.27. The maximum atomic E-state index is 12.6. The number of carbonyl (C=O) groups excluding carboxylic acids is 1. The van der Waals surface area contributed by atoms with Crippen LogP contribution in [0.15, 0.2) is 53.5 Å². The van der Waals surface area contributed by atoms with Gasteiger partial charge in [0.05, 0.1) is 26.6 Å². The Hall–Kier alpha value is -2.75. The molecule has 0 bridgehead atoms. The van der Waals surface area contributed by atoms with Gasteiger partial charge < -0.3 is 15.3 Å². The van der Waals surface area contributed by atoms with Gasteiger partial charge in [0.2, 0.25) is 5.95 Å². The van der Waals surface area contributed by atoms with E-state index in [0.717, 1.165) is 0 Å². The monoisotopic (exact) mass is 509 g/mol. The fourth-order valence-electron chi connectivity index (χ4n) is 2.51. The molecule has 0 spiro atoms. The number of amides is 1. The summed E-state index contributed by atoms with van der Waals surface area (Å²) in [6, 6.07) is 6.55. The van der Waals surface area contributed by atoms with Crippen LogP contribution in [0.25, 0.3) is 0 Å². The van der Waals surface area contributed by atoms with Crippen molar-refractivity contribution in [3.05, 3.63) is 69.1 Å². The number of carboxylic acids is 1. The number of carboxylic acid groups (broad SMARTS) is 1. The highest BCUT2D eigenvalue weighted by atomic mass is 79.9. The van der Waals surface area contributed by atoms with Crippen LogP contribution in [-0.4, -0.2) is 38.5 Å². The number of benzene rings is 1. The highest BCUT2D eigenvalue weighted by Gasteiger charge is 2.16. The van der Waals surface area contributed by atoms with Crippen molar-refractivity contribution >= 4 is 68.3 Å². The molecule has 2 aromatic heterocycles. The van der Waals surface area contributed by atoms with E-state index in [1.165, 1.54) is 12.4 Å². The average molecular weight is 511 g/mol. The van der Waals surface area contributed by atoms with Gasteiger partial charge in [-0.2, -0.15) is 0 Å². The molecular formula is C19H14BrCl2N5O3. The molecule has 0 unspecified atom stereocenters. The van der Waals surface area contributed by atoms with E-state index in [1.54, 1.807) is 41.6 Å². The first kappa shape index (κ1) is 21.9. The predicted octanol–water partition coefficient (Wildman–Crippen LogP) is 4.81. The number of hydrogen-bond donors (Lipinski definition) is 2. The highest BCUT2D eigenvalue weighted by Crippen LogP contribution is 2.29. The molecule has 0 radical (unpaired) electrons. The zero-order chi connectivity index (χ0) is 21.7. The lowest BCUT2D eigenvalue weighted by molar-refractivity contribution is -0.136. The van der Waals surface area contributed by atoms with Gasteiger partial charge in [0.25, 0.3) is 5.91 Å². The maximum Gasteiger partial charge on any atom is 0.305 e. The van der Waals surface area contributed by atoms with E-state index in [2.05, 4.69) is 36.2 Å². The van der Waals surface area contributed by atoms with Crippen molar-refractivity contribution in [2.75, 3.05) is 16.8 Å². The predicted molar refractivity (Wildman–Crippen MR) is 118 cm³/mol. The average Bonchev–Trinajstić information content (AvgIpc) is 2.72. The molecule has 0 aliphatic carbocycles. The zero-order valence-corrected chi connectivity index (χ0v) is 18.3. The molecule has 154 valence electrons. The Morgan fingerprint density at radius 3 is 2.20 bits per heavy atom. The van der Waals surface area contributed by atoms with Crippen LogP contribution in [0.1, 0.15) is 16.8 Å². The van der Waals surface area contributed by atoms with E-state index >= 15 is 0 Å². The van der Waals surface area contributed by atoms with E-state index in [4.69, 9.17) is 28.3 Å². The van der Waals surface area contributed by atoms with Crippen molar-refractivity contribution in [3.63, 3.8) is 0 Å². The Bertz CT molecular complexity index is 1040. The Morgan fingerprint density at radius 2 is 1.63 bits per heavy atom. The van der Waals surface area contributed by atoms with Crippen LogP contribution >= 0.6 is 39.1 Å². The summed E-state index contributed by atoms with van der Waals surface area (Å²) >= 11 is 15.3. The third kappa shape index (κ3) is 5.44. The fraction of sp³-hybridized carbons (Fsp3) is 0.105. The van der Waals surface area contributed by atoms with Crippen LogP contribution in [0.5, 0.6) is 0 Å². The zero-order valence-electron chi connectivity index (χ0n) is 15.2. The second-order valence-corrected chi connectivity index (χ2v) is 7.71. The number of hydrogen-bond acceptors (Lipinski definition) is 6. The van der Waals surface area contributed by atoms with Gasteiger partial charge in [-0.05, 0) is 40.2 Å². The van der Waals surface area contributed by atoms with Gasteiger partial charge in [-0.15, -0.1) is 0 Å². The van der Waals surface area contributed by atoms with E-state index in [0.29, 0.717) is 21.7 Å². The summed E-state index contributed by atoms with van der Waals surface area (Å²) in [6.45, 7) is 0.157. The van der Waals surface area contributed by atoms with E-state index < -0.39 is 11.9 Å². The Kier molecular flexibility index (Phi) is 7.20. The second-order valence-electron chi connectivity index (χ2n) is 5.98. The van der Waals surface area contributed by atoms with Crippen LogP contribution in [0.4, 0.5) is 17.3 Å². The Labute approximate surface area is 190 Å². The topological polar surface area (TPSA) is 108 Å². The van der Waals surface area contributed by atoms with E-state index in [9.17, 15) is 9.59 Å². The van der Waals surface area contributed by atoms with Crippen LogP contribution in [-0.2, 0) is 4.79 Å². The first-order valence-electron chi connectivity index (χ1n) is 8.52. The molecule has 2 heterocycles. The number of nitrogens with zero attached hydrogens (tertiary/aromatic N) is 4. The van der Waals surface area contributed by atoms with Crippen LogP contribution in [0.2, 0.25) is 10.0 Å². The van der Waals surface area contributed by atoms with Crippen molar-refractivity contribution in [3.8, 4) is 0 Å². The van der Waals surface area contributed by atoms with Gasteiger partial charge in [0.15, 0.2) is 0 Å². The molecule has 0 aliphatic rings. The molecule has 30 heavy (non-hydrogen) atoms. The van der Waals surface area contributed by atoms with Gasteiger partial charge in [-0.25, -0.2) is 9.97 Å². The summed E-state index contributed by atoms with van der Waals surface area (Å²) in [7, 11) is 0. The van der Waals surface area contributed by atoms with E-state index in [-0.39, 0.29) is 28.7 Å².